The Morgan fingerprint density at radius 3 is 2.33 bits per heavy atom. The van der Waals surface area contributed by atoms with Crippen LogP contribution in [0.4, 0.5) is 5.69 Å². The van der Waals surface area contributed by atoms with Crippen molar-refractivity contribution >= 4 is 21.6 Å². The van der Waals surface area contributed by atoms with Crippen LogP contribution in [0.15, 0.2) is 29.2 Å². The van der Waals surface area contributed by atoms with Crippen molar-refractivity contribution in [2.45, 2.75) is 44.6 Å². The minimum Gasteiger partial charge on any atom is -0.325 e. The molecular weight excluding hydrogens is 288 g/mol. The van der Waals surface area contributed by atoms with E-state index in [0.717, 1.165) is 6.42 Å². The number of carbonyl (C=O) groups excluding carboxylic acids is 1. The number of amides is 1. The molecule has 1 aromatic rings. The second-order valence-electron chi connectivity index (χ2n) is 6.66. The molecule has 2 atom stereocenters. The molecule has 0 bridgehead atoms. The summed E-state index contributed by atoms with van der Waals surface area (Å²) in [4.78, 5) is 12.1. The Bertz CT molecular complexity index is 647. The number of benzene rings is 1. The maximum Gasteiger partial charge on any atom is 0.243 e. The van der Waals surface area contributed by atoms with E-state index in [1.54, 1.807) is 39.0 Å². The zero-order valence-electron chi connectivity index (χ0n) is 12.8. The van der Waals surface area contributed by atoms with Crippen molar-refractivity contribution in [3.8, 4) is 0 Å². The Kier molecular flexibility index (Phi) is 4.13. The fourth-order valence-electron chi connectivity index (χ4n) is 2.18. The van der Waals surface area contributed by atoms with E-state index in [-0.39, 0.29) is 16.7 Å². The summed E-state index contributed by atoms with van der Waals surface area (Å²) >= 11 is 0. The first-order valence-electron chi connectivity index (χ1n) is 7.04. The van der Waals surface area contributed by atoms with Crippen LogP contribution < -0.4 is 10.0 Å². The first kappa shape index (κ1) is 16.0. The topological polar surface area (TPSA) is 75.3 Å². The first-order chi connectivity index (χ1) is 9.60. The third-order valence-corrected chi connectivity index (χ3v) is 5.14. The van der Waals surface area contributed by atoms with Crippen LogP contribution in [0.5, 0.6) is 0 Å². The number of carbonyl (C=O) groups is 1. The molecule has 1 aliphatic rings. The van der Waals surface area contributed by atoms with Gasteiger partial charge in [-0.25, -0.2) is 13.1 Å². The second kappa shape index (κ2) is 5.42. The van der Waals surface area contributed by atoms with Gasteiger partial charge in [0, 0.05) is 11.5 Å². The molecule has 21 heavy (non-hydrogen) atoms. The number of para-hydroxylation sites is 1. The normalized spacial score (nSPS) is 21.9. The molecule has 5 nitrogen and oxygen atoms in total. The molecule has 1 aliphatic carbocycles. The maximum absolute atomic E-state index is 12.4. The smallest absolute Gasteiger partial charge is 0.243 e. The van der Waals surface area contributed by atoms with Crippen LogP contribution in [0.25, 0.3) is 0 Å². The fraction of sp³-hybridized carbons (Fsp3) is 0.533. The molecule has 0 saturated heterocycles. The van der Waals surface area contributed by atoms with Crippen LogP contribution >= 0.6 is 0 Å². The van der Waals surface area contributed by atoms with E-state index in [4.69, 9.17) is 0 Å². The highest BCUT2D eigenvalue weighted by Crippen LogP contribution is 2.38. The third-order valence-electron chi connectivity index (χ3n) is 3.32. The van der Waals surface area contributed by atoms with Crippen LogP contribution in [0.2, 0.25) is 0 Å². The Hall–Kier alpha value is -1.40. The molecule has 0 spiro atoms. The predicted molar refractivity (Wildman–Crippen MR) is 82.4 cm³/mol. The largest absolute Gasteiger partial charge is 0.325 e. The van der Waals surface area contributed by atoms with Gasteiger partial charge in [0.2, 0.25) is 15.9 Å². The van der Waals surface area contributed by atoms with Gasteiger partial charge in [0.05, 0.1) is 5.69 Å². The van der Waals surface area contributed by atoms with Crippen molar-refractivity contribution in [2.75, 3.05) is 5.32 Å². The van der Waals surface area contributed by atoms with E-state index < -0.39 is 15.6 Å². The molecule has 2 N–H and O–H groups in total. The average molecular weight is 310 g/mol. The minimum atomic E-state index is -3.68. The van der Waals surface area contributed by atoms with E-state index >= 15 is 0 Å². The molecular formula is C15H22N2O3S. The van der Waals surface area contributed by atoms with Crippen LogP contribution in [-0.2, 0) is 14.8 Å². The highest BCUT2D eigenvalue weighted by molar-refractivity contribution is 7.89. The average Bonchev–Trinajstić information content (AvgIpc) is 3.04. The van der Waals surface area contributed by atoms with Crippen LogP contribution in [-0.4, -0.2) is 19.9 Å². The Morgan fingerprint density at radius 2 is 1.81 bits per heavy atom. The summed E-state index contributed by atoms with van der Waals surface area (Å²) in [6, 6.07) is 6.47. The number of anilines is 1. The lowest BCUT2D eigenvalue weighted by Crippen LogP contribution is -2.40. The summed E-state index contributed by atoms with van der Waals surface area (Å²) in [5.74, 6) is 0.263. The molecule has 0 aliphatic heterocycles. The van der Waals surface area contributed by atoms with Gasteiger partial charge in [-0.15, -0.1) is 0 Å². The van der Waals surface area contributed by atoms with Gasteiger partial charge in [-0.05, 0) is 45.2 Å². The molecule has 1 fully saturated rings. The lowest BCUT2D eigenvalue weighted by atomic mass is 10.1. The van der Waals surface area contributed by atoms with Crippen LogP contribution in [0.3, 0.4) is 0 Å². The van der Waals surface area contributed by atoms with Crippen molar-refractivity contribution in [3.05, 3.63) is 24.3 Å². The van der Waals surface area contributed by atoms with Gasteiger partial charge in [-0.2, -0.15) is 0 Å². The Labute approximate surface area is 126 Å². The monoisotopic (exact) mass is 310 g/mol. The van der Waals surface area contributed by atoms with Gasteiger partial charge in [-0.1, -0.05) is 19.1 Å². The number of rotatable bonds is 4. The molecule has 2 unspecified atom stereocenters. The lowest BCUT2D eigenvalue weighted by Gasteiger charge is -2.21. The molecule has 0 radical (unpaired) electrons. The highest BCUT2D eigenvalue weighted by Gasteiger charge is 2.39. The first-order valence-corrected chi connectivity index (χ1v) is 8.52. The highest BCUT2D eigenvalue weighted by atomic mass is 32.2. The van der Waals surface area contributed by atoms with Crippen LogP contribution in [0, 0.1) is 11.8 Å². The van der Waals surface area contributed by atoms with Gasteiger partial charge in [0.15, 0.2) is 0 Å². The zero-order chi connectivity index (χ0) is 15.8. The fourth-order valence-corrected chi connectivity index (χ4v) is 3.76. The van der Waals surface area contributed by atoms with E-state index in [1.807, 2.05) is 6.92 Å². The standard InChI is InChI=1S/C15H22N2O3S/c1-10-9-11(10)14(18)16-12-7-5-6-8-13(12)21(19,20)17-15(2,3)4/h5-8,10-11,17H,9H2,1-4H3,(H,16,18). The van der Waals surface area contributed by atoms with Gasteiger partial charge < -0.3 is 5.32 Å². The predicted octanol–water partition coefficient (Wildman–Crippen LogP) is 2.36. The van der Waals surface area contributed by atoms with Gasteiger partial charge in [-0.3, -0.25) is 4.79 Å². The van der Waals surface area contributed by atoms with Crippen LogP contribution in [0.1, 0.15) is 34.1 Å². The maximum atomic E-state index is 12.4. The summed E-state index contributed by atoms with van der Waals surface area (Å²) in [5, 5.41) is 2.74. The number of sulfonamides is 1. The summed E-state index contributed by atoms with van der Waals surface area (Å²) < 4.78 is 27.5. The molecule has 0 aromatic heterocycles. The van der Waals surface area contributed by atoms with Gasteiger partial charge in [0.1, 0.15) is 4.90 Å². The third kappa shape index (κ3) is 4.04. The van der Waals surface area contributed by atoms with E-state index in [2.05, 4.69) is 10.0 Å². The molecule has 6 heteroatoms. The SMILES string of the molecule is CC1CC1C(=O)Nc1ccccc1S(=O)(=O)NC(C)(C)C. The zero-order valence-corrected chi connectivity index (χ0v) is 13.6. The lowest BCUT2D eigenvalue weighted by molar-refractivity contribution is -0.117. The van der Waals surface area contributed by atoms with Crippen molar-refractivity contribution in [1.29, 1.82) is 0 Å². The van der Waals surface area contributed by atoms with E-state index in [0.29, 0.717) is 11.6 Å². The summed E-state index contributed by atoms with van der Waals surface area (Å²) in [6.45, 7) is 7.33. The molecule has 116 valence electrons. The summed E-state index contributed by atoms with van der Waals surface area (Å²) in [7, 11) is -3.68. The molecule has 1 aromatic carbocycles. The second-order valence-corrected chi connectivity index (χ2v) is 8.31. The van der Waals surface area contributed by atoms with E-state index in [9.17, 15) is 13.2 Å². The molecule has 1 amide bonds. The molecule has 1 saturated carbocycles. The molecule has 0 heterocycles. The summed E-state index contributed by atoms with van der Waals surface area (Å²) in [6.07, 6.45) is 0.862. The number of hydrogen-bond donors (Lipinski definition) is 2. The van der Waals surface area contributed by atoms with E-state index in [1.165, 1.54) is 6.07 Å². The quantitative estimate of drug-likeness (QED) is 0.896. The Morgan fingerprint density at radius 1 is 1.24 bits per heavy atom. The minimum absolute atomic E-state index is 0.00339. The van der Waals surface area contributed by atoms with Gasteiger partial charge >= 0.3 is 0 Å². The van der Waals surface area contributed by atoms with Crippen molar-refractivity contribution in [2.24, 2.45) is 11.8 Å². The van der Waals surface area contributed by atoms with Crippen molar-refractivity contribution in [1.82, 2.24) is 4.72 Å². The number of nitrogens with one attached hydrogen (secondary N) is 2. The van der Waals surface area contributed by atoms with Crippen molar-refractivity contribution < 1.29 is 13.2 Å². The number of hydrogen-bond acceptors (Lipinski definition) is 3. The van der Waals surface area contributed by atoms with Crippen molar-refractivity contribution in [3.63, 3.8) is 0 Å². The molecule has 2 rings (SSSR count). The van der Waals surface area contributed by atoms with Gasteiger partial charge in [0.25, 0.3) is 0 Å². The summed E-state index contributed by atoms with van der Waals surface area (Å²) in [5.41, 5.74) is -0.251. The Balaban J connectivity index is 2.26.